The highest BCUT2D eigenvalue weighted by atomic mass is 16.2. The number of nitrogens with zero attached hydrogens (tertiary/aromatic N) is 6. The summed E-state index contributed by atoms with van der Waals surface area (Å²) in [5, 5.41) is 7.93. The van der Waals surface area contributed by atoms with Crippen LogP contribution in [-0.4, -0.2) is 67.3 Å². The summed E-state index contributed by atoms with van der Waals surface area (Å²) in [6.07, 6.45) is 4.91. The van der Waals surface area contributed by atoms with Gasteiger partial charge in [0, 0.05) is 45.3 Å². The van der Waals surface area contributed by atoms with E-state index in [4.69, 9.17) is 0 Å². The van der Waals surface area contributed by atoms with E-state index in [0.29, 0.717) is 36.2 Å². The third-order valence-electron chi connectivity index (χ3n) is 4.99. The fraction of sp³-hybridized carbons (Fsp3) is 0.562. The summed E-state index contributed by atoms with van der Waals surface area (Å²) >= 11 is 0. The van der Waals surface area contributed by atoms with Crippen molar-refractivity contribution in [2.75, 3.05) is 19.6 Å². The largest absolute Gasteiger partial charge is 0.340 e. The standard InChI is InChI=1S/C16H20N6O2/c1-20-15-13(18-19-20)9-11(10-17-15)16(24)21-7-4-12(5-8-21)22-6-2-3-14(22)23/h9-10,12H,2-8H2,1H3. The molecule has 0 N–H and O–H groups in total. The predicted octanol–water partition coefficient (Wildman–Crippen LogP) is 0.590. The van der Waals surface area contributed by atoms with E-state index < -0.39 is 0 Å². The van der Waals surface area contributed by atoms with Crippen LogP contribution < -0.4 is 0 Å². The molecule has 2 amide bonds. The third-order valence-corrected chi connectivity index (χ3v) is 4.99. The van der Waals surface area contributed by atoms with Crippen molar-refractivity contribution in [1.29, 1.82) is 0 Å². The molecule has 0 bridgehead atoms. The third kappa shape index (κ3) is 2.51. The molecule has 0 unspecified atom stereocenters. The molecule has 24 heavy (non-hydrogen) atoms. The molecule has 2 aromatic rings. The zero-order valence-corrected chi connectivity index (χ0v) is 13.7. The molecule has 0 spiro atoms. The molecule has 126 valence electrons. The molecule has 0 atom stereocenters. The van der Waals surface area contributed by atoms with Gasteiger partial charge < -0.3 is 9.80 Å². The molecule has 8 nitrogen and oxygen atoms in total. The Balaban J connectivity index is 1.44. The van der Waals surface area contributed by atoms with Crippen molar-refractivity contribution < 1.29 is 9.59 Å². The Morgan fingerprint density at radius 1 is 1.25 bits per heavy atom. The van der Waals surface area contributed by atoms with Crippen LogP contribution in [0.25, 0.3) is 11.2 Å². The maximum Gasteiger partial charge on any atom is 0.255 e. The number of likely N-dealkylation sites (tertiary alicyclic amines) is 2. The number of pyridine rings is 1. The van der Waals surface area contributed by atoms with E-state index in [1.807, 2.05) is 9.80 Å². The molecular weight excluding hydrogens is 308 g/mol. The average Bonchev–Trinajstić information content (AvgIpc) is 3.20. The molecule has 2 fully saturated rings. The van der Waals surface area contributed by atoms with Crippen LogP contribution in [0.15, 0.2) is 12.3 Å². The van der Waals surface area contributed by atoms with Gasteiger partial charge in [0.05, 0.1) is 5.56 Å². The van der Waals surface area contributed by atoms with E-state index in [0.717, 1.165) is 25.8 Å². The van der Waals surface area contributed by atoms with Gasteiger partial charge >= 0.3 is 0 Å². The van der Waals surface area contributed by atoms with Gasteiger partial charge in [0.2, 0.25) is 5.91 Å². The Morgan fingerprint density at radius 2 is 2.04 bits per heavy atom. The van der Waals surface area contributed by atoms with Gasteiger partial charge in [-0.2, -0.15) is 0 Å². The lowest BCUT2D eigenvalue weighted by atomic mass is 10.0. The molecule has 0 aliphatic carbocycles. The van der Waals surface area contributed by atoms with Gasteiger partial charge in [0.15, 0.2) is 5.65 Å². The quantitative estimate of drug-likeness (QED) is 0.805. The van der Waals surface area contributed by atoms with E-state index in [1.165, 1.54) is 0 Å². The van der Waals surface area contributed by atoms with Gasteiger partial charge in [-0.05, 0) is 25.3 Å². The van der Waals surface area contributed by atoms with E-state index >= 15 is 0 Å². The van der Waals surface area contributed by atoms with Crippen LogP contribution in [-0.2, 0) is 11.8 Å². The number of hydrogen-bond acceptors (Lipinski definition) is 5. The Kier molecular flexibility index (Phi) is 3.66. The average molecular weight is 328 g/mol. The predicted molar refractivity (Wildman–Crippen MR) is 86.2 cm³/mol. The number of rotatable bonds is 2. The maximum atomic E-state index is 12.7. The lowest BCUT2D eigenvalue weighted by molar-refractivity contribution is -0.130. The second-order valence-electron chi connectivity index (χ2n) is 6.49. The number of aromatic nitrogens is 4. The van der Waals surface area contributed by atoms with Crippen molar-refractivity contribution in [3.63, 3.8) is 0 Å². The summed E-state index contributed by atoms with van der Waals surface area (Å²) in [5.41, 5.74) is 1.83. The highest BCUT2D eigenvalue weighted by molar-refractivity contribution is 5.96. The molecule has 2 aliphatic heterocycles. The minimum Gasteiger partial charge on any atom is -0.340 e. The highest BCUT2D eigenvalue weighted by Gasteiger charge is 2.32. The molecule has 0 radical (unpaired) electrons. The normalized spacial score (nSPS) is 19.5. The summed E-state index contributed by atoms with van der Waals surface area (Å²) in [6, 6.07) is 2.03. The van der Waals surface area contributed by atoms with Crippen molar-refractivity contribution in [2.24, 2.45) is 7.05 Å². The van der Waals surface area contributed by atoms with Crippen molar-refractivity contribution in [2.45, 2.75) is 31.7 Å². The second kappa shape index (κ2) is 5.85. The van der Waals surface area contributed by atoms with Crippen LogP contribution in [0, 0.1) is 0 Å². The number of amides is 2. The number of fused-ring (bicyclic) bond motifs is 1. The Bertz CT molecular complexity index is 793. The van der Waals surface area contributed by atoms with Crippen LogP contribution in [0.1, 0.15) is 36.0 Å². The summed E-state index contributed by atoms with van der Waals surface area (Å²) in [6.45, 7) is 2.21. The molecular formula is C16H20N6O2. The second-order valence-corrected chi connectivity index (χ2v) is 6.49. The van der Waals surface area contributed by atoms with Gasteiger partial charge in [-0.1, -0.05) is 5.21 Å². The Morgan fingerprint density at radius 3 is 2.75 bits per heavy atom. The summed E-state index contributed by atoms with van der Waals surface area (Å²) in [7, 11) is 1.77. The minimum absolute atomic E-state index is 0.0266. The number of carbonyl (C=O) groups excluding carboxylic acids is 2. The van der Waals surface area contributed by atoms with Crippen LogP contribution in [0.2, 0.25) is 0 Å². The fourth-order valence-corrected chi connectivity index (χ4v) is 3.66. The summed E-state index contributed by atoms with van der Waals surface area (Å²) < 4.78 is 1.59. The van der Waals surface area contributed by atoms with E-state index in [-0.39, 0.29) is 17.9 Å². The van der Waals surface area contributed by atoms with Crippen LogP contribution in [0.4, 0.5) is 0 Å². The SMILES string of the molecule is Cn1nnc2cc(C(=O)N3CCC(N4CCCC4=O)CC3)cnc21. The van der Waals surface area contributed by atoms with Gasteiger partial charge in [-0.15, -0.1) is 5.10 Å². The first-order valence-electron chi connectivity index (χ1n) is 8.37. The molecule has 0 aromatic carbocycles. The Hall–Kier alpha value is -2.51. The smallest absolute Gasteiger partial charge is 0.255 e. The zero-order valence-electron chi connectivity index (χ0n) is 13.7. The molecule has 4 rings (SSSR count). The zero-order chi connectivity index (χ0) is 16.7. The summed E-state index contributed by atoms with van der Waals surface area (Å²) in [5.74, 6) is 0.235. The van der Waals surface area contributed by atoms with Gasteiger partial charge in [-0.3, -0.25) is 9.59 Å². The molecule has 2 saturated heterocycles. The maximum absolute atomic E-state index is 12.7. The molecule has 4 heterocycles. The fourth-order valence-electron chi connectivity index (χ4n) is 3.66. The van der Waals surface area contributed by atoms with Gasteiger partial charge in [0.25, 0.3) is 5.91 Å². The van der Waals surface area contributed by atoms with Crippen LogP contribution >= 0.6 is 0 Å². The van der Waals surface area contributed by atoms with Crippen molar-refractivity contribution in [1.82, 2.24) is 29.8 Å². The molecule has 2 aromatic heterocycles. The van der Waals surface area contributed by atoms with Gasteiger partial charge in [0.1, 0.15) is 5.52 Å². The number of carbonyl (C=O) groups is 2. The first-order chi connectivity index (χ1) is 11.6. The summed E-state index contributed by atoms with van der Waals surface area (Å²) in [4.78, 5) is 32.7. The highest BCUT2D eigenvalue weighted by Crippen LogP contribution is 2.23. The minimum atomic E-state index is -0.0266. The number of hydrogen-bond donors (Lipinski definition) is 0. The topological polar surface area (TPSA) is 84.2 Å². The van der Waals surface area contributed by atoms with E-state index in [2.05, 4.69) is 15.3 Å². The van der Waals surface area contributed by atoms with Crippen LogP contribution in [0.3, 0.4) is 0 Å². The van der Waals surface area contributed by atoms with E-state index in [1.54, 1.807) is 24.0 Å². The van der Waals surface area contributed by atoms with Crippen molar-refractivity contribution in [3.8, 4) is 0 Å². The Labute approximate surface area is 139 Å². The molecule has 2 aliphatic rings. The van der Waals surface area contributed by atoms with Crippen LogP contribution in [0.5, 0.6) is 0 Å². The lowest BCUT2D eigenvalue weighted by Gasteiger charge is -2.36. The van der Waals surface area contributed by atoms with Crippen molar-refractivity contribution in [3.05, 3.63) is 17.8 Å². The van der Waals surface area contributed by atoms with E-state index in [9.17, 15) is 9.59 Å². The first kappa shape index (κ1) is 15.0. The number of piperidine rings is 1. The molecule has 8 heteroatoms. The van der Waals surface area contributed by atoms with Crippen molar-refractivity contribution >= 4 is 23.0 Å². The lowest BCUT2D eigenvalue weighted by Crippen LogP contribution is -2.47. The monoisotopic (exact) mass is 328 g/mol. The first-order valence-corrected chi connectivity index (χ1v) is 8.37. The van der Waals surface area contributed by atoms with Gasteiger partial charge in [-0.25, -0.2) is 9.67 Å². The number of aryl methyl sites for hydroxylation is 1. The molecule has 0 saturated carbocycles.